The summed E-state index contributed by atoms with van der Waals surface area (Å²) in [5.74, 6) is -3.08. The van der Waals surface area contributed by atoms with E-state index in [-0.39, 0.29) is 23.3 Å². The number of benzene rings is 1. The Morgan fingerprint density at radius 1 is 1.06 bits per heavy atom. The number of carbonyl (C=O) groups is 3. The third kappa shape index (κ3) is 3.96. The number of thiophene rings is 1. The lowest BCUT2D eigenvalue weighted by molar-refractivity contribution is -0.148. The largest absolute Gasteiger partial charge is 0.481 e. The van der Waals surface area contributed by atoms with E-state index in [4.69, 9.17) is 5.73 Å². The zero-order chi connectivity index (χ0) is 24.9. The molecule has 2 amide bonds. The molecule has 7 heteroatoms. The Kier molecular flexibility index (Phi) is 6.42. The van der Waals surface area contributed by atoms with Gasteiger partial charge in [0.05, 0.1) is 17.4 Å². The Balaban J connectivity index is 1.70. The second-order valence-corrected chi connectivity index (χ2v) is 11.2. The highest BCUT2D eigenvalue weighted by atomic mass is 32.1. The van der Waals surface area contributed by atoms with Crippen molar-refractivity contribution in [2.75, 3.05) is 5.32 Å². The van der Waals surface area contributed by atoms with Crippen molar-refractivity contribution >= 4 is 34.1 Å². The molecule has 6 nitrogen and oxygen atoms in total. The highest BCUT2D eigenvalue weighted by Gasteiger charge is 2.57. The molecule has 1 aromatic carbocycles. The number of fused-ring (bicyclic) bond motifs is 2. The predicted molar refractivity (Wildman–Crippen MR) is 135 cm³/mol. The molecular weight excluding hydrogens is 448 g/mol. The van der Waals surface area contributed by atoms with E-state index in [1.54, 1.807) is 0 Å². The third-order valence-corrected chi connectivity index (χ3v) is 8.46. The molecule has 0 saturated heterocycles. The number of primary amides is 1. The van der Waals surface area contributed by atoms with Gasteiger partial charge in [-0.15, -0.1) is 11.3 Å². The van der Waals surface area contributed by atoms with Crippen molar-refractivity contribution in [2.45, 2.75) is 53.4 Å². The van der Waals surface area contributed by atoms with Gasteiger partial charge in [0.2, 0.25) is 5.91 Å². The van der Waals surface area contributed by atoms with Crippen LogP contribution in [0.15, 0.2) is 35.4 Å². The lowest BCUT2D eigenvalue weighted by atomic mass is 9.78. The van der Waals surface area contributed by atoms with Crippen LogP contribution in [-0.2, 0) is 9.59 Å². The number of hydrogen-bond donors (Lipinski definition) is 3. The van der Waals surface area contributed by atoms with Gasteiger partial charge in [-0.25, -0.2) is 0 Å². The number of rotatable bonds is 6. The number of carbonyl (C=O) groups excluding carboxylic acids is 2. The molecule has 2 aliphatic carbocycles. The van der Waals surface area contributed by atoms with Gasteiger partial charge in [-0.2, -0.15) is 0 Å². The molecule has 2 fully saturated rings. The summed E-state index contributed by atoms with van der Waals surface area (Å²) in [7, 11) is 0. The number of anilines is 1. The minimum atomic E-state index is -0.936. The molecule has 4 atom stereocenters. The van der Waals surface area contributed by atoms with E-state index in [9.17, 15) is 19.5 Å². The average molecular weight is 481 g/mol. The average Bonchev–Trinajstić information content (AvgIpc) is 3.42. The van der Waals surface area contributed by atoms with Gasteiger partial charge in [0.25, 0.3) is 5.91 Å². The maximum atomic E-state index is 13.5. The summed E-state index contributed by atoms with van der Waals surface area (Å²) in [5, 5.41) is 13.3. The van der Waals surface area contributed by atoms with Crippen LogP contribution in [0.5, 0.6) is 0 Å². The molecule has 2 saturated carbocycles. The lowest BCUT2D eigenvalue weighted by Gasteiger charge is -2.26. The number of nitrogens with one attached hydrogen (secondary N) is 1. The number of carboxylic acid groups (broad SMARTS) is 1. The van der Waals surface area contributed by atoms with Crippen molar-refractivity contribution in [3.63, 3.8) is 0 Å². The Hall–Kier alpha value is -2.93. The zero-order valence-corrected chi connectivity index (χ0v) is 21.1. The fourth-order valence-corrected chi connectivity index (χ4v) is 7.13. The van der Waals surface area contributed by atoms with Crippen LogP contribution in [0.1, 0.15) is 67.3 Å². The number of nitrogens with two attached hydrogens (primary N) is 1. The molecule has 0 unspecified atom stereocenters. The van der Waals surface area contributed by atoms with Crippen molar-refractivity contribution in [1.29, 1.82) is 0 Å². The van der Waals surface area contributed by atoms with Gasteiger partial charge in [-0.05, 0) is 62.5 Å². The van der Waals surface area contributed by atoms with Gasteiger partial charge >= 0.3 is 5.97 Å². The predicted octanol–water partition coefficient (Wildman–Crippen LogP) is 5.58. The minimum Gasteiger partial charge on any atom is -0.481 e. The Morgan fingerprint density at radius 3 is 2.15 bits per heavy atom. The molecule has 180 valence electrons. The second-order valence-electron chi connectivity index (χ2n) is 10.0. The van der Waals surface area contributed by atoms with Gasteiger partial charge in [0.15, 0.2) is 0 Å². The monoisotopic (exact) mass is 480 g/mol. The SMILES string of the molecule is CC(C)=C1[C@H]2CC[C@H]1[C@H](C(=O)Nc1sc(C)c(-c3ccc(C(C)C)cc3)c1C(N)=O)[C@H]2C(=O)O. The summed E-state index contributed by atoms with van der Waals surface area (Å²) in [6.07, 6.45) is 1.61. The van der Waals surface area contributed by atoms with Crippen molar-refractivity contribution in [3.05, 3.63) is 51.4 Å². The fraction of sp³-hybridized carbons (Fsp3) is 0.444. The topological polar surface area (TPSA) is 109 Å². The van der Waals surface area contributed by atoms with E-state index in [1.165, 1.54) is 16.9 Å². The van der Waals surface area contributed by atoms with Crippen molar-refractivity contribution in [1.82, 2.24) is 0 Å². The quantitative estimate of drug-likeness (QED) is 0.469. The Morgan fingerprint density at radius 2 is 1.65 bits per heavy atom. The molecule has 34 heavy (non-hydrogen) atoms. The lowest BCUT2D eigenvalue weighted by Crippen LogP contribution is -2.38. The molecular formula is C27H32N2O4S. The first-order valence-corrected chi connectivity index (χ1v) is 12.6. The molecule has 2 aliphatic rings. The molecule has 2 bridgehead atoms. The van der Waals surface area contributed by atoms with Crippen LogP contribution in [-0.4, -0.2) is 22.9 Å². The zero-order valence-electron chi connectivity index (χ0n) is 20.3. The highest BCUT2D eigenvalue weighted by Crippen LogP contribution is 2.57. The smallest absolute Gasteiger partial charge is 0.307 e. The summed E-state index contributed by atoms with van der Waals surface area (Å²) in [6.45, 7) is 10.1. The van der Waals surface area contributed by atoms with Crippen LogP contribution >= 0.6 is 11.3 Å². The molecule has 0 radical (unpaired) electrons. The van der Waals surface area contributed by atoms with Gasteiger partial charge in [0, 0.05) is 10.4 Å². The Bertz CT molecular complexity index is 1190. The van der Waals surface area contributed by atoms with Crippen LogP contribution in [0.25, 0.3) is 11.1 Å². The van der Waals surface area contributed by atoms with Gasteiger partial charge in [0.1, 0.15) is 5.00 Å². The number of allylic oxidation sites excluding steroid dienone is 2. The van der Waals surface area contributed by atoms with E-state index >= 15 is 0 Å². The van der Waals surface area contributed by atoms with Gasteiger partial charge in [-0.3, -0.25) is 14.4 Å². The van der Waals surface area contributed by atoms with E-state index in [2.05, 4.69) is 19.2 Å². The maximum absolute atomic E-state index is 13.5. The van der Waals surface area contributed by atoms with Crippen molar-refractivity contribution in [3.8, 4) is 11.1 Å². The number of aryl methyl sites for hydroxylation is 1. The maximum Gasteiger partial charge on any atom is 0.307 e. The molecule has 0 spiro atoms. The van der Waals surface area contributed by atoms with Crippen LogP contribution in [0.2, 0.25) is 0 Å². The van der Waals surface area contributed by atoms with Gasteiger partial charge in [-0.1, -0.05) is 49.3 Å². The summed E-state index contributed by atoms with van der Waals surface area (Å²) in [4.78, 5) is 39.0. The molecule has 1 heterocycles. The number of carboxylic acids is 1. The molecule has 0 aliphatic heterocycles. The fourth-order valence-electron chi connectivity index (χ4n) is 6.05. The first kappa shape index (κ1) is 24.2. The molecule has 4 rings (SSSR count). The molecule has 1 aromatic heterocycles. The summed E-state index contributed by atoms with van der Waals surface area (Å²) < 4.78 is 0. The number of hydrogen-bond acceptors (Lipinski definition) is 4. The third-order valence-electron chi connectivity index (χ3n) is 7.44. The summed E-state index contributed by atoms with van der Waals surface area (Å²) in [6, 6.07) is 8.02. The molecule has 2 aromatic rings. The van der Waals surface area contributed by atoms with Crippen molar-refractivity contribution in [2.24, 2.45) is 29.4 Å². The second kappa shape index (κ2) is 9.02. The minimum absolute atomic E-state index is 0.0720. The van der Waals surface area contributed by atoms with Crippen LogP contribution in [0.3, 0.4) is 0 Å². The van der Waals surface area contributed by atoms with Crippen LogP contribution in [0.4, 0.5) is 5.00 Å². The van der Waals surface area contributed by atoms with Gasteiger partial charge < -0.3 is 16.2 Å². The molecule has 4 N–H and O–H groups in total. The first-order valence-electron chi connectivity index (χ1n) is 11.8. The van der Waals surface area contributed by atoms with Crippen LogP contribution < -0.4 is 11.1 Å². The summed E-state index contributed by atoms with van der Waals surface area (Å²) >= 11 is 1.31. The van der Waals surface area contributed by atoms with E-state index in [0.29, 0.717) is 10.9 Å². The van der Waals surface area contributed by atoms with E-state index in [1.807, 2.05) is 45.0 Å². The van der Waals surface area contributed by atoms with E-state index in [0.717, 1.165) is 40.0 Å². The highest BCUT2D eigenvalue weighted by molar-refractivity contribution is 7.17. The Labute approximate surface area is 204 Å². The number of amides is 2. The summed E-state index contributed by atoms with van der Waals surface area (Å²) in [5.41, 5.74) is 11.1. The standard InChI is InChI=1S/C27H32N2O4S/c1-12(2)15-6-8-16(9-7-15)20-14(5)34-26(23(20)24(28)30)29-25(31)21-17-10-11-18(19(17)13(3)4)22(21)27(32)33/h6-9,12,17-18,21-22H,10-11H2,1-5H3,(H2,28,30)(H,29,31)(H,32,33)/t17-,18-,21+,22+/m1/s1. The normalized spacial score (nSPS) is 23.4. The first-order chi connectivity index (χ1) is 16.0. The van der Waals surface area contributed by atoms with Crippen LogP contribution in [0, 0.1) is 30.6 Å². The number of aliphatic carboxylic acids is 1. The van der Waals surface area contributed by atoms with Crippen molar-refractivity contribution < 1.29 is 19.5 Å². The van der Waals surface area contributed by atoms with E-state index < -0.39 is 23.7 Å².